The van der Waals surface area contributed by atoms with Gasteiger partial charge in [-0.2, -0.15) is 0 Å². The first-order chi connectivity index (χ1) is 13.6. The van der Waals surface area contributed by atoms with Gasteiger partial charge >= 0.3 is 0 Å². The van der Waals surface area contributed by atoms with E-state index >= 15 is 0 Å². The molecule has 0 saturated carbocycles. The number of carbonyl (C=O) groups is 2. The van der Waals surface area contributed by atoms with Gasteiger partial charge in [0.05, 0.1) is 12.6 Å². The Morgan fingerprint density at radius 3 is 2.61 bits per heavy atom. The van der Waals surface area contributed by atoms with Gasteiger partial charge in [0.15, 0.2) is 18.1 Å². The molecule has 0 heterocycles. The van der Waals surface area contributed by atoms with Gasteiger partial charge in [-0.3, -0.25) is 9.59 Å². The number of ether oxygens (including phenoxy) is 2. The average Bonchev–Trinajstić information content (AvgIpc) is 2.72. The van der Waals surface area contributed by atoms with Gasteiger partial charge in [-0.1, -0.05) is 18.2 Å². The molecule has 1 amide bonds. The van der Waals surface area contributed by atoms with Crippen LogP contribution in [-0.2, 0) is 17.6 Å². The van der Waals surface area contributed by atoms with Crippen molar-refractivity contribution in [1.82, 2.24) is 5.32 Å². The summed E-state index contributed by atoms with van der Waals surface area (Å²) in [5.74, 6) is 0.707. The second-order valence-electron chi connectivity index (χ2n) is 7.07. The normalized spacial score (nSPS) is 13.9. The first kappa shape index (κ1) is 19.9. The van der Waals surface area contributed by atoms with Crippen LogP contribution in [0, 0.1) is 0 Å². The zero-order valence-corrected chi connectivity index (χ0v) is 16.5. The van der Waals surface area contributed by atoms with Crippen molar-refractivity contribution in [2.45, 2.75) is 45.6 Å². The molecule has 5 heteroatoms. The van der Waals surface area contributed by atoms with Crippen LogP contribution in [0.3, 0.4) is 0 Å². The third kappa shape index (κ3) is 4.91. The maximum Gasteiger partial charge on any atom is 0.258 e. The Labute approximate surface area is 166 Å². The van der Waals surface area contributed by atoms with E-state index in [1.807, 2.05) is 13.8 Å². The molecule has 5 nitrogen and oxygen atoms in total. The van der Waals surface area contributed by atoms with E-state index in [2.05, 4.69) is 23.5 Å². The van der Waals surface area contributed by atoms with Gasteiger partial charge in [-0.25, -0.2) is 0 Å². The molecule has 0 fully saturated rings. The number of carbonyl (C=O) groups excluding carboxylic acids is 2. The fourth-order valence-electron chi connectivity index (χ4n) is 3.52. The van der Waals surface area contributed by atoms with Crippen molar-refractivity contribution in [2.75, 3.05) is 13.2 Å². The summed E-state index contributed by atoms with van der Waals surface area (Å²) in [5.41, 5.74) is 4.44. The summed E-state index contributed by atoms with van der Waals surface area (Å²) in [4.78, 5) is 23.3. The molecule has 0 unspecified atom stereocenters. The Kier molecular flexibility index (Phi) is 6.69. The van der Waals surface area contributed by atoms with Gasteiger partial charge in [0.25, 0.3) is 5.91 Å². The van der Waals surface area contributed by atoms with Gasteiger partial charge in [0, 0.05) is 5.56 Å². The van der Waals surface area contributed by atoms with Gasteiger partial charge in [0.1, 0.15) is 6.29 Å². The molecule has 0 aromatic heterocycles. The molecular formula is C23H27NO4. The first-order valence-corrected chi connectivity index (χ1v) is 9.86. The van der Waals surface area contributed by atoms with Crippen LogP contribution in [-0.4, -0.2) is 25.4 Å². The van der Waals surface area contributed by atoms with Gasteiger partial charge in [-0.15, -0.1) is 0 Å². The number of aryl methyl sites for hydroxylation is 2. The molecule has 0 spiro atoms. The Hall–Kier alpha value is -2.82. The van der Waals surface area contributed by atoms with Crippen molar-refractivity contribution < 1.29 is 19.1 Å². The summed E-state index contributed by atoms with van der Waals surface area (Å²) in [7, 11) is 0. The molecular weight excluding hydrogens is 354 g/mol. The van der Waals surface area contributed by atoms with Gasteiger partial charge < -0.3 is 14.8 Å². The van der Waals surface area contributed by atoms with Crippen molar-refractivity contribution in [1.29, 1.82) is 0 Å². The van der Waals surface area contributed by atoms with Gasteiger partial charge in [0.2, 0.25) is 0 Å². The van der Waals surface area contributed by atoms with Crippen molar-refractivity contribution in [3.63, 3.8) is 0 Å². The Morgan fingerprint density at radius 2 is 1.86 bits per heavy atom. The number of rotatable bonds is 8. The molecule has 0 saturated heterocycles. The van der Waals surface area contributed by atoms with E-state index in [0.717, 1.165) is 24.7 Å². The lowest BCUT2D eigenvalue weighted by Crippen LogP contribution is -2.31. The van der Waals surface area contributed by atoms with Crippen LogP contribution in [0.4, 0.5) is 0 Å². The molecule has 148 valence electrons. The number of hydrogen-bond donors (Lipinski definition) is 1. The molecule has 0 bridgehead atoms. The molecule has 2 aromatic rings. The van der Waals surface area contributed by atoms with E-state index in [-0.39, 0.29) is 18.6 Å². The van der Waals surface area contributed by atoms with Crippen molar-refractivity contribution >= 4 is 12.2 Å². The third-order valence-electron chi connectivity index (χ3n) is 5.01. The minimum Gasteiger partial charge on any atom is -0.490 e. The van der Waals surface area contributed by atoms with E-state index in [9.17, 15) is 9.59 Å². The molecule has 1 N–H and O–H groups in total. The Morgan fingerprint density at radius 1 is 1.07 bits per heavy atom. The number of fused-ring (bicyclic) bond motifs is 1. The summed E-state index contributed by atoms with van der Waals surface area (Å²) in [6.45, 7) is 4.16. The summed E-state index contributed by atoms with van der Waals surface area (Å²) >= 11 is 0. The molecule has 2 aromatic carbocycles. The standard InChI is InChI=1S/C23H27NO4/c1-3-27-22-12-17(14-25)8-11-21(22)28-15-23(26)24-16(2)19-10-9-18-6-4-5-7-20(18)13-19/h8-14,16H,3-7,15H2,1-2H3,(H,24,26)/t16-/m0/s1. The van der Waals surface area contributed by atoms with E-state index in [1.165, 1.54) is 24.0 Å². The van der Waals surface area contributed by atoms with E-state index in [0.29, 0.717) is 23.7 Å². The molecule has 0 radical (unpaired) electrons. The average molecular weight is 381 g/mol. The molecule has 0 aliphatic heterocycles. The van der Waals surface area contributed by atoms with Crippen LogP contribution >= 0.6 is 0 Å². The lowest BCUT2D eigenvalue weighted by atomic mass is 9.89. The number of amides is 1. The lowest BCUT2D eigenvalue weighted by molar-refractivity contribution is -0.123. The van der Waals surface area contributed by atoms with Crippen LogP contribution in [0.15, 0.2) is 36.4 Å². The van der Waals surface area contributed by atoms with Crippen LogP contribution in [0.25, 0.3) is 0 Å². The van der Waals surface area contributed by atoms with Crippen molar-refractivity contribution in [3.8, 4) is 11.5 Å². The Balaban J connectivity index is 1.59. The fourth-order valence-corrected chi connectivity index (χ4v) is 3.52. The number of benzene rings is 2. The van der Waals surface area contributed by atoms with Crippen LogP contribution in [0.1, 0.15) is 59.8 Å². The zero-order chi connectivity index (χ0) is 19.9. The Bertz CT molecular complexity index is 846. The quantitative estimate of drug-likeness (QED) is 0.701. The highest BCUT2D eigenvalue weighted by Gasteiger charge is 2.15. The number of nitrogens with one attached hydrogen (secondary N) is 1. The largest absolute Gasteiger partial charge is 0.490 e. The molecule has 1 aliphatic rings. The van der Waals surface area contributed by atoms with E-state index < -0.39 is 0 Å². The topological polar surface area (TPSA) is 64.6 Å². The second kappa shape index (κ2) is 9.40. The third-order valence-corrected chi connectivity index (χ3v) is 5.01. The molecule has 28 heavy (non-hydrogen) atoms. The minimum absolute atomic E-state index is 0.0906. The fraction of sp³-hybridized carbons (Fsp3) is 0.391. The highest BCUT2D eigenvalue weighted by Crippen LogP contribution is 2.28. The van der Waals surface area contributed by atoms with E-state index in [4.69, 9.17) is 9.47 Å². The van der Waals surface area contributed by atoms with Crippen molar-refractivity contribution in [3.05, 3.63) is 58.7 Å². The smallest absolute Gasteiger partial charge is 0.258 e. The van der Waals surface area contributed by atoms with E-state index in [1.54, 1.807) is 18.2 Å². The first-order valence-electron chi connectivity index (χ1n) is 9.86. The maximum absolute atomic E-state index is 12.3. The highest BCUT2D eigenvalue weighted by atomic mass is 16.5. The predicted octanol–water partition coefficient (Wildman–Crippen LogP) is 4.03. The zero-order valence-electron chi connectivity index (χ0n) is 16.5. The monoisotopic (exact) mass is 381 g/mol. The van der Waals surface area contributed by atoms with Crippen molar-refractivity contribution in [2.24, 2.45) is 0 Å². The second-order valence-corrected chi connectivity index (χ2v) is 7.07. The predicted molar refractivity (Wildman–Crippen MR) is 108 cm³/mol. The van der Waals surface area contributed by atoms with Gasteiger partial charge in [-0.05, 0) is 74.4 Å². The van der Waals surface area contributed by atoms with Crippen LogP contribution in [0.5, 0.6) is 11.5 Å². The molecule has 1 atom stereocenters. The highest BCUT2D eigenvalue weighted by molar-refractivity contribution is 5.78. The summed E-state index contributed by atoms with van der Waals surface area (Å²) in [6.07, 6.45) is 5.50. The molecule has 1 aliphatic carbocycles. The minimum atomic E-state index is -0.202. The maximum atomic E-state index is 12.3. The van der Waals surface area contributed by atoms with Crippen LogP contribution < -0.4 is 14.8 Å². The summed E-state index contributed by atoms with van der Waals surface area (Å²) < 4.78 is 11.1. The molecule has 3 rings (SSSR count). The SMILES string of the molecule is CCOc1cc(C=O)ccc1OCC(=O)N[C@@H](C)c1ccc2c(c1)CCCC2. The number of aldehydes is 1. The number of hydrogen-bond acceptors (Lipinski definition) is 4. The summed E-state index contributed by atoms with van der Waals surface area (Å²) in [5, 5.41) is 2.99. The summed E-state index contributed by atoms with van der Waals surface area (Å²) in [6, 6.07) is 11.3. The lowest BCUT2D eigenvalue weighted by Gasteiger charge is -2.20. The van der Waals surface area contributed by atoms with Crippen LogP contribution in [0.2, 0.25) is 0 Å².